The molecule has 1 aliphatic carbocycles. The Kier molecular flexibility index (Phi) is 3.35. The minimum atomic E-state index is -1.44. The number of fused-ring (bicyclic) bond motifs is 1. The summed E-state index contributed by atoms with van der Waals surface area (Å²) in [5.74, 6) is -1.03. The SMILES string of the molecule is C=C[C@]1(C)CC[C@@H]2[C@H](OC(=O)[C@]2(C)O)[C@H]1C(=C)CO. The molecule has 19 heavy (non-hydrogen) atoms. The molecule has 1 aliphatic heterocycles. The monoisotopic (exact) mass is 266 g/mol. The van der Waals surface area contributed by atoms with Gasteiger partial charge in [0.1, 0.15) is 6.10 Å². The molecule has 0 radical (unpaired) electrons. The first kappa shape index (κ1) is 14.3. The Labute approximate surface area is 113 Å². The maximum atomic E-state index is 11.8. The predicted octanol–water partition coefficient (Wildman–Crippen LogP) is 1.43. The van der Waals surface area contributed by atoms with Crippen molar-refractivity contribution in [3.05, 3.63) is 24.8 Å². The van der Waals surface area contributed by atoms with Crippen LogP contribution in [0.2, 0.25) is 0 Å². The minimum absolute atomic E-state index is 0.156. The lowest BCUT2D eigenvalue weighted by molar-refractivity contribution is -0.155. The molecule has 0 unspecified atom stereocenters. The highest BCUT2D eigenvalue weighted by molar-refractivity contribution is 5.82. The molecule has 4 heteroatoms. The van der Waals surface area contributed by atoms with Crippen molar-refractivity contribution in [3.8, 4) is 0 Å². The second-order valence-electron chi connectivity index (χ2n) is 6.17. The molecule has 0 spiro atoms. The number of carbonyl (C=O) groups is 1. The summed E-state index contributed by atoms with van der Waals surface area (Å²) in [6.45, 7) is 11.2. The number of hydrogen-bond acceptors (Lipinski definition) is 4. The van der Waals surface area contributed by atoms with Crippen molar-refractivity contribution in [3.63, 3.8) is 0 Å². The molecule has 106 valence electrons. The van der Waals surface area contributed by atoms with E-state index >= 15 is 0 Å². The van der Waals surface area contributed by atoms with E-state index in [0.29, 0.717) is 12.0 Å². The summed E-state index contributed by atoms with van der Waals surface area (Å²) >= 11 is 0. The highest BCUT2D eigenvalue weighted by Gasteiger charge is 2.60. The fourth-order valence-corrected chi connectivity index (χ4v) is 3.57. The number of rotatable bonds is 3. The van der Waals surface area contributed by atoms with E-state index in [1.54, 1.807) is 0 Å². The van der Waals surface area contributed by atoms with Gasteiger partial charge in [-0.3, -0.25) is 0 Å². The molecule has 2 aliphatic rings. The van der Waals surface area contributed by atoms with Gasteiger partial charge in [0.05, 0.1) is 6.61 Å². The highest BCUT2D eigenvalue weighted by atomic mass is 16.6. The largest absolute Gasteiger partial charge is 0.459 e. The van der Waals surface area contributed by atoms with Crippen molar-refractivity contribution in [2.75, 3.05) is 6.61 Å². The van der Waals surface area contributed by atoms with Gasteiger partial charge in [-0.05, 0) is 30.8 Å². The fraction of sp³-hybridized carbons (Fsp3) is 0.667. The van der Waals surface area contributed by atoms with Crippen molar-refractivity contribution in [2.24, 2.45) is 17.3 Å². The normalized spacial score (nSPS) is 45.5. The summed E-state index contributed by atoms with van der Waals surface area (Å²) in [5.41, 5.74) is -1.09. The van der Waals surface area contributed by atoms with Crippen LogP contribution in [0, 0.1) is 17.3 Å². The molecular weight excluding hydrogens is 244 g/mol. The lowest BCUT2D eigenvalue weighted by Gasteiger charge is -2.46. The number of aliphatic hydroxyl groups excluding tert-OH is 1. The third-order valence-electron chi connectivity index (χ3n) is 4.92. The topological polar surface area (TPSA) is 66.8 Å². The summed E-state index contributed by atoms with van der Waals surface area (Å²) in [4.78, 5) is 11.8. The summed E-state index contributed by atoms with van der Waals surface area (Å²) < 4.78 is 5.40. The van der Waals surface area contributed by atoms with Crippen molar-refractivity contribution >= 4 is 5.97 Å². The van der Waals surface area contributed by atoms with Crippen LogP contribution in [-0.2, 0) is 9.53 Å². The van der Waals surface area contributed by atoms with E-state index in [9.17, 15) is 15.0 Å². The van der Waals surface area contributed by atoms with Crippen LogP contribution in [0.3, 0.4) is 0 Å². The van der Waals surface area contributed by atoms with E-state index < -0.39 is 17.7 Å². The van der Waals surface area contributed by atoms with Crippen LogP contribution >= 0.6 is 0 Å². The van der Waals surface area contributed by atoms with Crippen molar-refractivity contribution < 1.29 is 19.7 Å². The van der Waals surface area contributed by atoms with Gasteiger partial charge >= 0.3 is 5.97 Å². The zero-order valence-corrected chi connectivity index (χ0v) is 11.6. The van der Waals surface area contributed by atoms with Gasteiger partial charge < -0.3 is 14.9 Å². The molecule has 0 bridgehead atoms. The lowest BCUT2D eigenvalue weighted by atomic mass is 9.59. The molecule has 2 rings (SSSR count). The van der Waals surface area contributed by atoms with Crippen LogP contribution in [0.4, 0.5) is 0 Å². The zero-order valence-electron chi connectivity index (χ0n) is 11.6. The first-order chi connectivity index (χ1) is 8.78. The van der Waals surface area contributed by atoms with Gasteiger partial charge in [0.2, 0.25) is 0 Å². The van der Waals surface area contributed by atoms with Crippen molar-refractivity contribution in [1.29, 1.82) is 0 Å². The highest BCUT2D eigenvalue weighted by Crippen LogP contribution is 2.53. The molecule has 1 heterocycles. The number of aliphatic hydroxyl groups is 2. The maximum absolute atomic E-state index is 11.8. The van der Waals surface area contributed by atoms with Crippen LogP contribution in [-0.4, -0.2) is 34.5 Å². The smallest absolute Gasteiger partial charge is 0.338 e. The van der Waals surface area contributed by atoms with E-state index in [1.807, 2.05) is 13.0 Å². The quantitative estimate of drug-likeness (QED) is 0.599. The average Bonchev–Trinajstić information content (AvgIpc) is 2.59. The van der Waals surface area contributed by atoms with Gasteiger partial charge in [0, 0.05) is 11.8 Å². The summed E-state index contributed by atoms with van der Waals surface area (Å²) in [7, 11) is 0. The van der Waals surface area contributed by atoms with Gasteiger partial charge in [-0.2, -0.15) is 0 Å². The van der Waals surface area contributed by atoms with Gasteiger partial charge in [-0.1, -0.05) is 19.6 Å². The molecule has 1 saturated heterocycles. The Bertz CT molecular complexity index is 426. The van der Waals surface area contributed by atoms with Crippen LogP contribution in [0.15, 0.2) is 24.8 Å². The van der Waals surface area contributed by atoms with E-state index in [2.05, 4.69) is 13.2 Å². The summed E-state index contributed by atoms with van der Waals surface area (Å²) in [6, 6.07) is 0. The van der Waals surface area contributed by atoms with Crippen LogP contribution in [0.1, 0.15) is 26.7 Å². The van der Waals surface area contributed by atoms with Gasteiger partial charge in [-0.25, -0.2) is 4.79 Å². The van der Waals surface area contributed by atoms with Gasteiger partial charge in [0.15, 0.2) is 5.60 Å². The molecule has 0 amide bonds. The van der Waals surface area contributed by atoms with Gasteiger partial charge in [-0.15, -0.1) is 6.58 Å². The average molecular weight is 266 g/mol. The van der Waals surface area contributed by atoms with Crippen molar-refractivity contribution in [1.82, 2.24) is 0 Å². The zero-order chi connectivity index (χ0) is 14.4. The predicted molar refractivity (Wildman–Crippen MR) is 71.2 cm³/mol. The Morgan fingerprint density at radius 2 is 2.21 bits per heavy atom. The molecule has 0 aromatic heterocycles. The third-order valence-corrected chi connectivity index (χ3v) is 4.92. The Morgan fingerprint density at radius 3 is 2.74 bits per heavy atom. The van der Waals surface area contributed by atoms with Crippen LogP contribution < -0.4 is 0 Å². The van der Waals surface area contributed by atoms with E-state index in [-0.39, 0.29) is 23.9 Å². The third kappa shape index (κ3) is 1.94. The van der Waals surface area contributed by atoms with E-state index in [1.165, 1.54) is 6.92 Å². The number of allylic oxidation sites excluding steroid dienone is 1. The minimum Gasteiger partial charge on any atom is -0.459 e. The van der Waals surface area contributed by atoms with Gasteiger partial charge in [0.25, 0.3) is 0 Å². The Hall–Kier alpha value is -1.13. The summed E-state index contributed by atoms with van der Waals surface area (Å²) in [5, 5.41) is 19.7. The number of esters is 1. The molecule has 4 nitrogen and oxygen atoms in total. The second kappa shape index (κ2) is 4.46. The van der Waals surface area contributed by atoms with E-state index in [4.69, 9.17) is 4.74 Å². The molecule has 1 saturated carbocycles. The Balaban J connectivity index is 2.42. The molecule has 2 N–H and O–H groups in total. The number of ether oxygens (including phenoxy) is 1. The van der Waals surface area contributed by atoms with Crippen molar-refractivity contribution in [2.45, 2.75) is 38.4 Å². The van der Waals surface area contributed by atoms with Crippen LogP contribution in [0.25, 0.3) is 0 Å². The number of carbonyl (C=O) groups excluding carboxylic acids is 1. The molecule has 5 atom stereocenters. The van der Waals surface area contributed by atoms with E-state index in [0.717, 1.165) is 6.42 Å². The standard InChI is InChI=1S/C15H22O4/c1-5-14(3)7-6-10-12(11(14)9(2)8-16)19-13(17)15(10,4)18/h5,10-12,16,18H,1-2,6-8H2,3-4H3/t10-,11-,12+,14-,15-/m1/s1. The molecule has 0 aromatic carbocycles. The Morgan fingerprint density at radius 1 is 1.58 bits per heavy atom. The molecule has 2 fully saturated rings. The number of hydrogen-bond donors (Lipinski definition) is 2. The maximum Gasteiger partial charge on any atom is 0.338 e. The second-order valence-corrected chi connectivity index (χ2v) is 6.17. The lowest BCUT2D eigenvalue weighted by Crippen LogP contribution is -2.48. The fourth-order valence-electron chi connectivity index (χ4n) is 3.57. The molecule has 0 aromatic rings. The molecular formula is C15H22O4. The first-order valence-corrected chi connectivity index (χ1v) is 6.63. The van der Waals surface area contributed by atoms with Crippen LogP contribution in [0.5, 0.6) is 0 Å². The summed E-state index contributed by atoms with van der Waals surface area (Å²) in [6.07, 6.45) is 2.89. The first-order valence-electron chi connectivity index (χ1n) is 6.63.